The molecule has 0 unspecified atom stereocenters. The third kappa shape index (κ3) is 5.55. The molecule has 14 heteroatoms. The summed E-state index contributed by atoms with van der Waals surface area (Å²) in [6, 6.07) is 15.3. The SMILES string of the molecule is O=Cc1noc(C(=O)c2ccccc2Cl)c1-c1nnn(Cc2cc(C(F)(F)F)cc(C(F)(F)F)c2)c1-c1ccccc1. The fourth-order valence-corrected chi connectivity index (χ4v) is 4.51. The molecular formula is C28H15ClF6N4O3. The molecule has 0 aliphatic rings. The van der Waals surface area contributed by atoms with Crippen molar-refractivity contribution in [3.8, 4) is 22.5 Å². The third-order valence-corrected chi connectivity index (χ3v) is 6.48. The lowest BCUT2D eigenvalue weighted by Crippen LogP contribution is -2.13. The Kier molecular flexibility index (Phi) is 7.45. The van der Waals surface area contributed by atoms with Crippen LogP contribution in [-0.2, 0) is 18.9 Å². The first-order chi connectivity index (χ1) is 19.9. The van der Waals surface area contributed by atoms with Gasteiger partial charge < -0.3 is 4.52 Å². The molecule has 2 aromatic heterocycles. The van der Waals surface area contributed by atoms with Crippen molar-refractivity contribution in [3.05, 3.63) is 112 Å². The van der Waals surface area contributed by atoms with Crippen LogP contribution in [-0.4, -0.2) is 32.2 Å². The lowest BCUT2D eigenvalue weighted by molar-refractivity contribution is -0.143. The molecule has 5 aromatic rings. The predicted octanol–water partition coefficient (Wildman–Crippen LogP) is 7.38. The average molecular weight is 605 g/mol. The molecule has 0 spiro atoms. The summed E-state index contributed by atoms with van der Waals surface area (Å²) < 4.78 is 87.2. The minimum atomic E-state index is -5.05. The topological polar surface area (TPSA) is 90.9 Å². The third-order valence-electron chi connectivity index (χ3n) is 6.15. The molecule has 0 N–H and O–H groups in total. The van der Waals surface area contributed by atoms with Crippen LogP contribution in [0.15, 0.2) is 77.3 Å². The summed E-state index contributed by atoms with van der Waals surface area (Å²) in [5, 5.41) is 11.8. The van der Waals surface area contributed by atoms with Crippen molar-refractivity contribution >= 4 is 23.7 Å². The molecule has 0 atom stereocenters. The normalized spacial score (nSPS) is 12.0. The van der Waals surface area contributed by atoms with E-state index in [-0.39, 0.29) is 44.9 Å². The summed E-state index contributed by atoms with van der Waals surface area (Å²) in [5.74, 6) is -1.18. The number of hydrogen-bond donors (Lipinski definition) is 0. The van der Waals surface area contributed by atoms with Gasteiger partial charge in [0.1, 0.15) is 5.69 Å². The van der Waals surface area contributed by atoms with E-state index in [2.05, 4.69) is 15.5 Å². The number of hydrogen-bond acceptors (Lipinski definition) is 6. The number of carbonyl (C=O) groups is 2. The number of nitrogens with zero attached hydrogens (tertiary/aromatic N) is 4. The van der Waals surface area contributed by atoms with Gasteiger partial charge in [-0.3, -0.25) is 9.59 Å². The molecule has 5 rings (SSSR count). The first-order valence-electron chi connectivity index (χ1n) is 11.9. The molecule has 2 heterocycles. The molecule has 42 heavy (non-hydrogen) atoms. The van der Waals surface area contributed by atoms with Crippen molar-refractivity contribution < 1.29 is 40.5 Å². The minimum absolute atomic E-state index is 0.0197. The van der Waals surface area contributed by atoms with Crippen LogP contribution in [0.2, 0.25) is 5.02 Å². The van der Waals surface area contributed by atoms with E-state index in [4.69, 9.17) is 16.1 Å². The van der Waals surface area contributed by atoms with Crippen LogP contribution in [0.4, 0.5) is 26.3 Å². The van der Waals surface area contributed by atoms with Gasteiger partial charge in [-0.1, -0.05) is 64.4 Å². The number of alkyl halides is 6. The highest BCUT2D eigenvalue weighted by atomic mass is 35.5. The van der Waals surface area contributed by atoms with Gasteiger partial charge in [-0.15, -0.1) is 5.10 Å². The molecular weight excluding hydrogens is 590 g/mol. The van der Waals surface area contributed by atoms with Crippen molar-refractivity contribution in [3.63, 3.8) is 0 Å². The molecule has 0 radical (unpaired) electrons. The monoisotopic (exact) mass is 604 g/mol. The molecule has 0 aliphatic heterocycles. The maximum Gasteiger partial charge on any atom is 0.416 e. The number of ketones is 1. The Morgan fingerprint density at radius 3 is 2.12 bits per heavy atom. The molecule has 7 nitrogen and oxygen atoms in total. The van der Waals surface area contributed by atoms with Crippen LogP contribution in [0.1, 0.15) is 43.3 Å². The van der Waals surface area contributed by atoms with E-state index in [1.165, 1.54) is 12.1 Å². The van der Waals surface area contributed by atoms with Crippen LogP contribution in [0.25, 0.3) is 22.5 Å². The average Bonchev–Trinajstić information content (AvgIpc) is 3.56. The van der Waals surface area contributed by atoms with Gasteiger partial charge in [-0.05, 0) is 35.9 Å². The Morgan fingerprint density at radius 1 is 0.905 bits per heavy atom. The number of halogens is 7. The lowest BCUT2D eigenvalue weighted by Gasteiger charge is -2.15. The first kappa shape index (κ1) is 28.7. The van der Waals surface area contributed by atoms with Crippen molar-refractivity contribution in [2.75, 3.05) is 0 Å². The van der Waals surface area contributed by atoms with Crippen molar-refractivity contribution in [1.82, 2.24) is 20.2 Å². The summed E-state index contributed by atoms with van der Waals surface area (Å²) in [6.07, 6.45) is -9.80. The molecule has 0 bridgehead atoms. The number of benzene rings is 3. The summed E-state index contributed by atoms with van der Waals surface area (Å²) >= 11 is 6.17. The zero-order valence-electron chi connectivity index (χ0n) is 20.9. The highest BCUT2D eigenvalue weighted by Gasteiger charge is 2.37. The molecule has 214 valence electrons. The van der Waals surface area contributed by atoms with E-state index >= 15 is 0 Å². The fourth-order valence-electron chi connectivity index (χ4n) is 4.29. The van der Waals surface area contributed by atoms with E-state index in [1.54, 1.807) is 42.5 Å². The first-order valence-corrected chi connectivity index (χ1v) is 12.3. The second-order valence-electron chi connectivity index (χ2n) is 8.92. The van der Waals surface area contributed by atoms with Crippen LogP contribution in [0.3, 0.4) is 0 Å². The number of carbonyl (C=O) groups excluding carboxylic acids is 2. The molecule has 0 amide bonds. The largest absolute Gasteiger partial charge is 0.416 e. The van der Waals surface area contributed by atoms with Crippen LogP contribution < -0.4 is 0 Å². The molecule has 0 saturated carbocycles. The highest BCUT2D eigenvalue weighted by Crippen LogP contribution is 2.39. The molecule has 3 aromatic carbocycles. The molecule has 0 aliphatic carbocycles. The standard InChI is InChI=1S/C28H15ClF6N4O3/c29-20-9-5-4-8-19(20)25(41)26-22(21(14-40)37-42-26)23-24(16-6-2-1-3-7-16)39(38-36-23)13-15-10-17(27(30,31)32)12-18(11-15)28(33,34)35/h1-12,14H,13H2. The predicted molar refractivity (Wildman–Crippen MR) is 137 cm³/mol. The second-order valence-corrected chi connectivity index (χ2v) is 9.33. The summed E-state index contributed by atoms with van der Waals surface area (Å²) in [7, 11) is 0. The van der Waals surface area contributed by atoms with Crippen LogP contribution >= 0.6 is 11.6 Å². The van der Waals surface area contributed by atoms with Gasteiger partial charge in [-0.2, -0.15) is 26.3 Å². The maximum absolute atomic E-state index is 13.5. The van der Waals surface area contributed by atoms with Gasteiger partial charge in [-0.25, -0.2) is 4.68 Å². The van der Waals surface area contributed by atoms with E-state index < -0.39 is 41.6 Å². The van der Waals surface area contributed by atoms with Crippen molar-refractivity contribution in [1.29, 1.82) is 0 Å². The zero-order valence-corrected chi connectivity index (χ0v) is 21.6. The van der Waals surface area contributed by atoms with Gasteiger partial charge in [0, 0.05) is 11.1 Å². The number of aromatic nitrogens is 4. The Bertz CT molecular complexity index is 1760. The van der Waals surface area contributed by atoms with E-state index in [1.807, 2.05) is 0 Å². The van der Waals surface area contributed by atoms with Gasteiger partial charge in [0.15, 0.2) is 12.0 Å². The van der Waals surface area contributed by atoms with E-state index in [0.717, 1.165) is 4.68 Å². The van der Waals surface area contributed by atoms with Gasteiger partial charge in [0.05, 0.1) is 34.0 Å². The fraction of sp³-hybridized carbons (Fsp3) is 0.107. The minimum Gasteiger partial charge on any atom is -0.351 e. The summed E-state index contributed by atoms with van der Waals surface area (Å²) in [4.78, 5) is 25.3. The second kappa shape index (κ2) is 10.9. The van der Waals surface area contributed by atoms with E-state index in [0.29, 0.717) is 24.0 Å². The summed E-state index contributed by atoms with van der Waals surface area (Å²) in [6.45, 7) is -0.584. The van der Waals surface area contributed by atoms with Gasteiger partial charge in [0.2, 0.25) is 11.5 Å². The Hall–Kier alpha value is -4.78. The number of rotatable bonds is 7. The lowest BCUT2D eigenvalue weighted by atomic mass is 9.99. The van der Waals surface area contributed by atoms with Gasteiger partial charge in [0.25, 0.3) is 0 Å². The quantitative estimate of drug-likeness (QED) is 0.109. The molecule has 0 saturated heterocycles. The van der Waals surface area contributed by atoms with Crippen LogP contribution in [0, 0.1) is 0 Å². The maximum atomic E-state index is 13.5. The zero-order chi connectivity index (χ0) is 30.2. The molecule has 0 fully saturated rings. The number of aldehydes is 1. The van der Waals surface area contributed by atoms with E-state index in [9.17, 15) is 35.9 Å². The van der Waals surface area contributed by atoms with Gasteiger partial charge >= 0.3 is 12.4 Å². The Morgan fingerprint density at radius 2 is 1.52 bits per heavy atom. The Balaban J connectivity index is 1.70. The summed E-state index contributed by atoms with van der Waals surface area (Å²) in [5.41, 5.74) is -3.55. The smallest absolute Gasteiger partial charge is 0.351 e. The highest BCUT2D eigenvalue weighted by molar-refractivity contribution is 6.35. The Labute approximate surface area is 237 Å². The van der Waals surface area contributed by atoms with Crippen LogP contribution in [0.5, 0.6) is 0 Å². The van der Waals surface area contributed by atoms with Crippen molar-refractivity contribution in [2.45, 2.75) is 18.9 Å². The van der Waals surface area contributed by atoms with Crippen molar-refractivity contribution in [2.24, 2.45) is 0 Å².